The maximum Gasteiger partial charge on any atom is 0.165 e. The van der Waals surface area contributed by atoms with Crippen molar-refractivity contribution in [3.8, 4) is 5.75 Å². The molecule has 0 radical (unpaired) electrons. The first-order chi connectivity index (χ1) is 8.58. The van der Waals surface area contributed by atoms with E-state index in [-0.39, 0.29) is 24.1 Å². The van der Waals surface area contributed by atoms with Crippen LogP contribution in [0, 0.1) is 17.7 Å². The van der Waals surface area contributed by atoms with Gasteiger partial charge in [-0.25, -0.2) is 4.39 Å². The fourth-order valence-corrected chi connectivity index (χ4v) is 1.73. The summed E-state index contributed by atoms with van der Waals surface area (Å²) >= 11 is 0. The summed E-state index contributed by atoms with van der Waals surface area (Å²) in [5.41, 5.74) is 0.869. The maximum atomic E-state index is 13.4. The van der Waals surface area contributed by atoms with Crippen molar-refractivity contribution in [2.24, 2.45) is 11.8 Å². The molecule has 0 amide bonds. The summed E-state index contributed by atoms with van der Waals surface area (Å²) in [5, 5.41) is 12.4. The van der Waals surface area contributed by atoms with E-state index < -0.39 is 0 Å². The molecule has 0 aliphatic rings. The molecule has 1 aromatic carbocycles. The van der Waals surface area contributed by atoms with E-state index in [4.69, 9.17) is 4.74 Å². The minimum absolute atomic E-state index is 0.168. The van der Waals surface area contributed by atoms with Gasteiger partial charge in [0, 0.05) is 19.7 Å². The number of hydrogen-bond donors (Lipinski definition) is 2. The molecule has 1 unspecified atom stereocenters. The lowest BCUT2D eigenvalue weighted by Gasteiger charge is -2.18. The zero-order valence-electron chi connectivity index (χ0n) is 11.2. The summed E-state index contributed by atoms with van der Waals surface area (Å²) in [5.74, 6) is 0.566. The molecule has 102 valence electrons. The van der Waals surface area contributed by atoms with Crippen molar-refractivity contribution in [3.05, 3.63) is 29.6 Å². The highest BCUT2D eigenvalue weighted by molar-refractivity contribution is 5.29. The van der Waals surface area contributed by atoms with Crippen LogP contribution in [0.4, 0.5) is 4.39 Å². The van der Waals surface area contributed by atoms with Gasteiger partial charge in [0.25, 0.3) is 0 Å². The van der Waals surface area contributed by atoms with Gasteiger partial charge in [-0.05, 0) is 29.5 Å². The number of ether oxygens (including phenoxy) is 1. The lowest BCUT2D eigenvalue weighted by atomic mass is 9.97. The Morgan fingerprint density at radius 3 is 2.61 bits per heavy atom. The molecule has 0 saturated heterocycles. The van der Waals surface area contributed by atoms with Crippen LogP contribution in [0.2, 0.25) is 0 Å². The van der Waals surface area contributed by atoms with E-state index >= 15 is 0 Å². The van der Waals surface area contributed by atoms with Crippen LogP contribution in [0.15, 0.2) is 18.2 Å². The van der Waals surface area contributed by atoms with Gasteiger partial charge >= 0.3 is 0 Å². The number of methoxy groups -OCH3 is 1. The van der Waals surface area contributed by atoms with Crippen LogP contribution in [-0.4, -0.2) is 25.4 Å². The van der Waals surface area contributed by atoms with E-state index in [2.05, 4.69) is 19.2 Å². The molecule has 1 rings (SSSR count). The number of hydrogen-bond acceptors (Lipinski definition) is 3. The summed E-state index contributed by atoms with van der Waals surface area (Å²) in [6, 6.07) is 4.92. The largest absolute Gasteiger partial charge is 0.494 e. The molecule has 0 bridgehead atoms. The standard InChI is InChI=1S/C14H22FNO2/c1-10(2)12(9-17)8-16-7-11-4-5-14(18-3)13(15)6-11/h4-6,10,12,16-17H,7-9H2,1-3H3. The zero-order valence-corrected chi connectivity index (χ0v) is 11.2. The summed E-state index contributed by atoms with van der Waals surface area (Å²) in [6.45, 7) is 5.64. The van der Waals surface area contributed by atoms with Gasteiger partial charge in [0.2, 0.25) is 0 Å². The average molecular weight is 255 g/mol. The van der Waals surface area contributed by atoms with Crippen LogP contribution in [-0.2, 0) is 6.54 Å². The third-order valence-corrected chi connectivity index (χ3v) is 3.13. The van der Waals surface area contributed by atoms with Gasteiger partial charge in [-0.1, -0.05) is 19.9 Å². The third kappa shape index (κ3) is 4.27. The second kappa shape index (κ2) is 7.34. The van der Waals surface area contributed by atoms with E-state index in [9.17, 15) is 9.50 Å². The highest BCUT2D eigenvalue weighted by Gasteiger charge is 2.11. The van der Waals surface area contributed by atoms with Crippen molar-refractivity contribution in [3.63, 3.8) is 0 Å². The first-order valence-corrected chi connectivity index (χ1v) is 6.22. The smallest absolute Gasteiger partial charge is 0.165 e. The molecular weight excluding hydrogens is 233 g/mol. The van der Waals surface area contributed by atoms with Crippen LogP contribution in [0.25, 0.3) is 0 Å². The molecular formula is C14H22FNO2. The fraction of sp³-hybridized carbons (Fsp3) is 0.571. The van der Waals surface area contributed by atoms with Gasteiger partial charge in [0.05, 0.1) is 7.11 Å². The predicted molar refractivity (Wildman–Crippen MR) is 70.1 cm³/mol. The van der Waals surface area contributed by atoms with Crippen molar-refractivity contribution in [1.29, 1.82) is 0 Å². The zero-order chi connectivity index (χ0) is 13.5. The Kier molecular flexibility index (Phi) is 6.09. The van der Waals surface area contributed by atoms with Crippen molar-refractivity contribution in [1.82, 2.24) is 5.32 Å². The molecule has 0 saturated carbocycles. The molecule has 1 atom stereocenters. The second-order valence-electron chi connectivity index (χ2n) is 4.79. The number of benzene rings is 1. The summed E-state index contributed by atoms with van der Waals surface area (Å²) in [7, 11) is 1.45. The average Bonchev–Trinajstić information content (AvgIpc) is 2.34. The van der Waals surface area contributed by atoms with Gasteiger partial charge in [0.15, 0.2) is 11.6 Å². The predicted octanol–water partition coefficient (Wildman–Crippen LogP) is 2.19. The normalized spacial score (nSPS) is 12.8. The monoisotopic (exact) mass is 255 g/mol. The van der Waals surface area contributed by atoms with E-state index in [1.165, 1.54) is 13.2 Å². The lowest BCUT2D eigenvalue weighted by molar-refractivity contribution is 0.186. The minimum Gasteiger partial charge on any atom is -0.494 e. The number of nitrogens with one attached hydrogen (secondary N) is 1. The Hall–Kier alpha value is -1.13. The number of aliphatic hydroxyl groups is 1. The van der Waals surface area contributed by atoms with Crippen LogP contribution in [0.1, 0.15) is 19.4 Å². The van der Waals surface area contributed by atoms with Gasteiger partial charge in [-0.2, -0.15) is 0 Å². The molecule has 18 heavy (non-hydrogen) atoms. The first kappa shape index (κ1) is 14.9. The van der Waals surface area contributed by atoms with Crippen LogP contribution in [0.3, 0.4) is 0 Å². The van der Waals surface area contributed by atoms with E-state index in [0.29, 0.717) is 12.5 Å². The minimum atomic E-state index is -0.348. The number of halogens is 1. The van der Waals surface area contributed by atoms with E-state index in [1.54, 1.807) is 6.07 Å². The van der Waals surface area contributed by atoms with Gasteiger partial charge < -0.3 is 15.2 Å². The molecule has 0 aliphatic carbocycles. The Morgan fingerprint density at radius 2 is 2.11 bits per heavy atom. The molecule has 1 aromatic rings. The fourth-order valence-electron chi connectivity index (χ4n) is 1.73. The van der Waals surface area contributed by atoms with Gasteiger partial charge in [-0.3, -0.25) is 0 Å². The maximum absolute atomic E-state index is 13.4. The number of aliphatic hydroxyl groups excluding tert-OH is 1. The van der Waals surface area contributed by atoms with Crippen LogP contribution >= 0.6 is 0 Å². The van der Waals surface area contributed by atoms with Gasteiger partial charge in [-0.15, -0.1) is 0 Å². The molecule has 0 spiro atoms. The Balaban J connectivity index is 2.46. The first-order valence-electron chi connectivity index (χ1n) is 6.22. The Bertz CT molecular complexity index is 369. The highest BCUT2D eigenvalue weighted by Crippen LogP contribution is 2.17. The molecule has 2 N–H and O–H groups in total. The van der Waals surface area contributed by atoms with Crippen molar-refractivity contribution in [2.75, 3.05) is 20.3 Å². The lowest BCUT2D eigenvalue weighted by Crippen LogP contribution is -2.28. The van der Waals surface area contributed by atoms with E-state index in [0.717, 1.165) is 12.1 Å². The molecule has 0 fully saturated rings. The molecule has 0 aromatic heterocycles. The van der Waals surface area contributed by atoms with E-state index in [1.807, 2.05) is 6.07 Å². The summed E-state index contributed by atoms with van der Waals surface area (Å²) < 4.78 is 18.3. The van der Waals surface area contributed by atoms with Crippen molar-refractivity contribution in [2.45, 2.75) is 20.4 Å². The molecule has 0 aliphatic heterocycles. The summed E-state index contributed by atoms with van der Waals surface area (Å²) in [6.07, 6.45) is 0. The SMILES string of the molecule is COc1ccc(CNCC(CO)C(C)C)cc1F. The third-order valence-electron chi connectivity index (χ3n) is 3.13. The Morgan fingerprint density at radius 1 is 1.39 bits per heavy atom. The quantitative estimate of drug-likeness (QED) is 0.784. The summed E-state index contributed by atoms with van der Waals surface area (Å²) in [4.78, 5) is 0. The molecule has 4 heteroatoms. The molecule has 3 nitrogen and oxygen atoms in total. The van der Waals surface area contributed by atoms with Crippen LogP contribution in [0.5, 0.6) is 5.75 Å². The Labute approximate surface area is 108 Å². The van der Waals surface area contributed by atoms with Crippen molar-refractivity contribution < 1.29 is 14.2 Å². The van der Waals surface area contributed by atoms with Crippen molar-refractivity contribution >= 4 is 0 Å². The highest BCUT2D eigenvalue weighted by atomic mass is 19.1. The second-order valence-corrected chi connectivity index (χ2v) is 4.79. The van der Waals surface area contributed by atoms with Gasteiger partial charge in [0.1, 0.15) is 0 Å². The molecule has 0 heterocycles. The topological polar surface area (TPSA) is 41.5 Å². The van der Waals surface area contributed by atoms with Crippen LogP contribution < -0.4 is 10.1 Å². The number of rotatable bonds is 7.